The average Bonchev–Trinajstić information content (AvgIpc) is 2.78. The van der Waals surface area contributed by atoms with Crippen LogP contribution in [0.5, 0.6) is 0 Å². The number of hydrogen-bond acceptors (Lipinski definition) is 4. The third-order valence-electron chi connectivity index (χ3n) is 3.43. The Morgan fingerprint density at radius 1 is 1.53 bits per heavy atom. The van der Waals surface area contributed by atoms with E-state index in [1.54, 1.807) is 11.3 Å². The summed E-state index contributed by atoms with van der Waals surface area (Å²) in [7, 11) is 0. The molecule has 1 unspecified atom stereocenters. The van der Waals surface area contributed by atoms with E-state index >= 15 is 0 Å². The number of thiazole rings is 1. The maximum atomic E-state index is 8.93. The minimum atomic E-state index is 0.196. The van der Waals surface area contributed by atoms with E-state index in [0.29, 0.717) is 18.5 Å². The smallest absolute Gasteiger partial charge is 0.110 e. The lowest BCUT2D eigenvalue weighted by Gasteiger charge is -2.37. The van der Waals surface area contributed by atoms with Crippen molar-refractivity contribution >= 4 is 11.3 Å². The summed E-state index contributed by atoms with van der Waals surface area (Å²) in [6, 6.07) is 1.09. The van der Waals surface area contributed by atoms with Crippen LogP contribution in [0.3, 0.4) is 0 Å². The summed E-state index contributed by atoms with van der Waals surface area (Å²) in [5.74, 6) is 0. The van der Waals surface area contributed by atoms with Gasteiger partial charge in [0, 0.05) is 24.4 Å². The highest BCUT2D eigenvalue weighted by molar-refractivity contribution is 7.09. The van der Waals surface area contributed by atoms with Gasteiger partial charge in [0.25, 0.3) is 0 Å². The van der Waals surface area contributed by atoms with Crippen molar-refractivity contribution < 1.29 is 5.11 Å². The first kappa shape index (κ1) is 13.0. The summed E-state index contributed by atoms with van der Waals surface area (Å²) in [6.07, 6.45) is 4.53. The molecule has 2 rings (SSSR count). The van der Waals surface area contributed by atoms with Crippen molar-refractivity contribution in [2.24, 2.45) is 0 Å². The first-order chi connectivity index (χ1) is 8.22. The Morgan fingerprint density at radius 3 is 3.06 bits per heavy atom. The molecule has 1 aliphatic rings. The van der Waals surface area contributed by atoms with Crippen LogP contribution in [-0.2, 0) is 6.42 Å². The van der Waals surface area contributed by atoms with Gasteiger partial charge in [-0.15, -0.1) is 11.3 Å². The lowest BCUT2D eigenvalue weighted by molar-refractivity contribution is 0.111. The maximum absolute atomic E-state index is 8.93. The maximum Gasteiger partial charge on any atom is 0.110 e. The molecule has 0 aliphatic carbocycles. The van der Waals surface area contributed by atoms with E-state index in [1.807, 2.05) is 0 Å². The highest BCUT2D eigenvalue weighted by Gasteiger charge is 2.27. The monoisotopic (exact) mass is 254 g/mol. The molecule has 0 spiro atoms. The molecule has 0 saturated carbocycles. The number of nitrogens with zero attached hydrogens (tertiary/aromatic N) is 2. The van der Waals surface area contributed by atoms with E-state index in [-0.39, 0.29) is 6.61 Å². The van der Waals surface area contributed by atoms with Crippen molar-refractivity contribution in [3.8, 4) is 0 Å². The molecule has 0 amide bonds. The molecule has 1 aromatic heterocycles. The van der Waals surface area contributed by atoms with E-state index in [1.165, 1.54) is 30.8 Å². The molecule has 1 fully saturated rings. The second-order valence-electron chi connectivity index (χ2n) is 4.99. The van der Waals surface area contributed by atoms with Crippen LogP contribution in [0.2, 0.25) is 0 Å². The van der Waals surface area contributed by atoms with Gasteiger partial charge in [-0.2, -0.15) is 0 Å². The fourth-order valence-electron chi connectivity index (χ4n) is 2.54. The molecule has 17 heavy (non-hydrogen) atoms. The standard InChI is InChI=1S/C13H22N2OS/c1-10(2)15-7-4-3-5-12(15)13-14-11(6-8-16)9-17-13/h9-10,12,16H,3-8H2,1-2H3. The van der Waals surface area contributed by atoms with E-state index in [2.05, 4.69) is 29.1 Å². The van der Waals surface area contributed by atoms with E-state index in [4.69, 9.17) is 5.11 Å². The van der Waals surface area contributed by atoms with Crippen LogP contribution in [0.25, 0.3) is 0 Å². The summed E-state index contributed by atoms with van der Waals surface area (Å²) >= 11 is 1.75. The lowest BCUT2D eigenvalue weighted by Crippen LogP contribution is -2.38. The van der Waals surface area contributed by atoms with Crippen LogP contribution in [0.15, 0.2) is 5.38 Å². The number of piperidine rings is 1. The zero-order chi connectivity index (χ0) is 12.3. The first-order valence-electron chi connectivity index (χ1n) is 6.53. The SMILES string of the molecule is CC(C)N1CCCCC1c1nc(CCO)cs1. The number of rotatable bonds is 4. The van der Waals surface area contributed by atoms with E-state index in [0.717, 1.165) is 5.69 Å². The summed E-state index contributed by atoms with van der Waals surface area (Å²) in [6.45, 7) is 5.92. The number of aliphatic hydroxyl groups excluding tert-OH is 1. The summed E-state index contributed by atoms with van der Waals surface area (Å²) in [5, 5.41) is 12.3. The van der Waals surface area contributed by atoms with Crippen LogP contribution < -0.4 is 0 Å². The molecule has 0 radical (unpaired) electrons. The molecule has 0 aromatic carbocycles. The summed E-state index contributed by atoms with van der Waals surface area (Å²) in [4.78, 5) is 7.23. The second kappa shape index (κ2) is 5.94. The van der Waals surface area contributed by atoms with Gasteiger partial charge in [0.1, 0.15) is 5.01 Å². The van der Waals surface area contributed by atoms with Gasteiger partial charge in [-0.1, -0.05) is 6.42 Å². The van der Waals surface area contributed by atoms with Gasteiger partial charge in [-0.3, -0.25) is 4.90 Å². The number of hydrogen-bond donors (Lipinski definition) is 1. The van der Waals surface area contributed by atoms with Crippen LogP contribution in [0.4, 0.5) is 0 Å². The van der Waals surface area contributed by atoms with E-state index in [9.17, 15) is 0 Å². The van der Waals surface area contributed by atoms with Gasteiger partial charge in [-0.25, -0.2) is 4.98 Å². The molecule has 1 N–H and O–H groups in total. The normalized spacial score (nSPS) is 22.2. The van der Waals surface area contributed by atoms with Crippen LogP contribution in [0.1, 0.15) is 49.9 Å². The van der Waals surface area contributed by atoms with Gasteiger partial charge in [0.05, 0.1) is 11.7 Å². The fraction of sp³-hybridized carbons (Fsp3) is 0.769. The topological polar surface area (TPSA) is 36.4 Å². The van der Waals surface area contributed by atoms with Crippen molar-refractivity contribution in [2.75, 3.05) is 13.2 Å². The molecule has 1 aliphatic heterocycles. The lowest BCUT2D eigenvalue weighted by atomic mass is 10.0. The molecule has 1 atom stereocenters. The van der Waals surface area contributed by atoms with Gasteiger partial charge in [-0.05, 0) is 33.2 Å². The van der Waals surface area contributed by atoms with Gasteiger partial charge in [0.2, 0.25) is 0 Å². The number of aromatic nitrogens is 1. The Bertz CT molecular complexity index is 351. The Kier molecular flexibility index (Phi) is 4.54. The van der Waals surface area contributed by atoms with Crippen molar-refractivity contribution in [3.63, 3.8) is 0 Å². The van der Waals surface area contributed by atoms with Crippen molar-refractivity contribution in [1.82, 2.24) is 9.88 Å². The molecule has 0 bridgehead atoms. The molecular formula is C13H22N2OS. The zero-order valence-corrected chi connectivity index (χ0v) is 11.5. The number of aliphatic hydroxyl groups is 1. The van der Waals surface area contributed by atoms with Crippen LogP contribution in [0, 0.1) is 0 Å². The van der Waals surface area contributed by atoms with Crippen molar-refractivity contribution in [1.29, 1.82) is 0 Å². The quantitative estimate of drug-likeness (QED) is 0.897. The average molecular weight is 254 g/mol. The minimum absolute atomic E-state index is 0.196. The number of likely N-dealkylation sites (tertiary alicyclic amines) is 1. The molecule has 4 heteroatoms. The zero-order valence-electron chi connectivity index (χ0n) is 10.7. The Morgan fingerprint density at radius 2 is 2.35 bits per heavy atom. The second-order valence-corrected chi connectivity index (χ2v) is 5.88. The largest absolute Gasteiger partial charge is 0.396 e. The Balaban J connectivity index is 2.11. The summed E-state index contributed by atoms with van der Waals surface area (Å²) < 4.78 is 0. The fourth-order valence-corrected chi connectivity index (χ4v) is 3.55. The third-order valence-corrected chi connectivity index (χ3v) is 4.42. The van der Waals surface area contributed by atoms with Crippen molar-refractivity contribution in [2.45, 2.75) is 51.6 Å². The summed E-state index contributed by atoms with van der Waals surface area (Å²) in [5.41, 5.74) is 1.04. The molecule has 3 nitrogen and oxygen atoms in total. The molecule has 1 aromatic rings. The molecule has 1 saturated heterocycles. The highest BCUT2D eigenvalue weighted by atomic mass is 32.1. The minimum Gasteiger partial charge on any atom is -0.396 e. The van der Waals surface area contributed by atoms with E-state index < -0.39 is 0 Å². The molecular weight excluding hydrogens is 232 g/mol. The van der Waals surface area contributed by atoms with Crippen LogP contribution in [-0.4, -0.2) is 34.2 Å². The predicted molar refractivity (Wildman–Crippen MR) is 71.3 cm³/mol. The molecule has 96 valence electrons. The van der Waals surface area contributed by atoms with Gasteiger partial charge < -0.3 is 5.11 Å². The Hall–Kier alpha value is -0.450. The third kappa shape index (κ3) is 3.06. The first-order valence-corrected chi connectivity index (χ1v) is 7.41. The molecule has 2 heterocycles. The van der Waals surface area contributed by atoms with Gasteiger partial charge >= 0.3 is 0 Å². The highest BCUT2D eigenvalue weighted by Crippen LogP contribution is 2.34. The Labute approximate surface area is 107 Å². The predicted octanol–water partition coefficient (Wildman–Crippen LogP) is 2.61. The van der Waals surface area contributed by atoms with Crippen LogP contribution >= 0.6 is 11.3 Å². The van der Waals surface area contributed by atoms with Gasteiger partial charge in [0.15, 0.2) is 0 Å². The van der Waals surface area contributed by atoms with Crippen molar-refractivity contribution in [3.05, 3.63) is 16.1 Å².